The largest absolute Gasteiger partial charge is 0.496 e. The van der Waals surface area contributed by atoms with Gasteiger partial charge in [-0.1, -0.05) is 25.3 Å². The second-order valence-electron chi connectivity index (χ2n) is 9.28. The number of aliphatic carboxylic acids is 1. The highest BCUT2D eigenvalue weighted by Gasteiger charge is 2.37. The van der Waals surface area contributed by atoms with Gasteiger partial charge < -0.3 is 19.9 Å². The van der Waals surface area contributed by atoms with Crippen LogP contribution in [-0.4, -0.2) is 60.0 Å². The highest BCUT2D eigenvalue weighted by molar-refractivity contribution is 5.94. The fraction of sp³-hybridized carbons (Fsp3) is 0.357. The van der Waals surface area contributed by atoms with E-state index in [1.165, 1.54) is 35.9 Å². The Morgan fingerprint density at radius 1 is 1.13 bits per heavy atom. The minimum Gasteiger partial charge on any atom is -0.496 e. The Labute approximate surface area is 225 Å². The molecule has 0 spiro atoms. The highest BCUT2D eigenvalue weighted by atomic mass is 19.1. The van der Waals surface area contributed by atoms with Gasteiger partial charge in [-0.15, -0.1) is 5.10 Å². The molecule has 1 fully saturated rings. The van der Waals surface area contributed by atoms with Crippen molar-refractivity contribution in [3.63, 3.8) is 0 Å². The van der Waals surface area contributed by atoms with Crippen LogP contribution in [0, 0.1) is 11.7 Å². The van der Waals surface area contributed by atoms with Crippen LogP contribution in [0.25, 0.3) is 16.9 Å². The molecule has 1 unspecified atom stereocenters. The summed E-state index contributed by atoms with van der Waals surface area (Å²) >= 11 is 0. The Morgan fingerprint density at radius 2 is 1.77 bits per heavy atom. The van der Waals surface area contributed by atoms with Gasteiger partial charge in [-0.3, -0.25) is 19.3 Å². The molecule has 0 radical (unpaired) electrons. The maximum atomic E-state index is 13.8. The minimum atomic E-state index is -1.19. The van der Waals surface area contributed by atoms with Crippen LogP contribution in [-0.2, 0) is 14.4 Å². The minimum absolute atomic E-state index is 0.165. The Bertz CT molecular complexity index is 1300. The Hall–Kier alpha value is -4.41. The molecule has 39 heavy (non-hydrogen) atoms. The number of carboxylic acid groups (broad SMARTS) is 1. The first-order valence-corrected chi connectivity index (χ1v) is 12.7. The number of hydrogen-bond acceptors (Lipinski definition) is 6. The number of carbonyl (C=O) groups is 3. The number of aromatic nitrogens is 2. The lowest BCUT2D eigenvalue weighted by molar-refractivity contribution is -0.138. The fourth-order valence-corrected chi connectivity index (χ4v) is 5.10. The molecule has 3 aromatic rings. The molecule has 4 rings (SSSR count). The zero-order valence-corrected chi connectivity index (χ0v) is 21.8. The summed E-state index contributed by atoms with van der Waals surface area (Å²) in [4.78, 5) is 38.3. The average molecular weight is 539 g/mol. The molecule has 1 aliphatic carbocycles. The molecule has 1 aliphatic rings. The molecular weight excluding hydrogens is 507 g/mol. The molecule has 206 valence electrons. The number of nitrogens with one attached hydrogen (secondary N) is 1. The standard InChI is InChI=1S/C28H31FN4O6/c1-38-22-9-6-10-23(39-2)26(22)21-15-24(31-33(21)20-13-11-19(29)12-14-20)32(17-34)27(18-7-4-3-5-8-18)28(37)30-16-25(35)36/h6,9-15,17-18,27H,3-5,7-8,16H2,1-2H3,(H,30,37)(H,35,36). The number of nitrogens with zero attached hydrogens (tertiary/aromatic N) is 3. The van der Waals surface area contributed by atoms with E-state index in [0.29, 0.717) is 47.7 Å². The number of carbonyl (C=O) groups excluding carboxylic acids is 2. The molecule has 1 heterocycles. The summed E-state index contributed by atoms with van der Waals surface area (Å²) in [6.45, 7) is -0.567. The number of amides is 2. The second kappa shape index (κ2) is 12.4. The summed E-state index contributed by atoms with van der Waals surface area (Å²) in [5, 5.41) is 16.2. The predicted octanol–water partition coefficient (Wildman–Crippen LogP) is 3.81. The molecule has 1 atom stereocenters. The summed E-state index contributed by atoms with van der Waals surface area (Å²) in [7, 11) is 3.03. The third kappa shape index (κ3) is 6.02. The lowest BCUT2D eigenvalue weighted by Gasteiger charge is -2.34. The average Bonchev–Trinajstić information content (AvgIpc) is 3.39. The fourth-order valence-electron chi connectivity index (χ4n) is 5.10. The van der Waals surface area contributed by atoms with Gasteiger partial charge >= 0.3 is 5.97 Å². The summed E-state index contributed by atoms with van der Waals surface area (Å²) in [5.74, 6) is -1.24. The zero-order chi connectivity index (χ0) is 27.9. The molecule has 11 heteroatoms. The van der Waals surface area contributed by atoms with Crippen LogP contribution in [0.2, 0.25) is 0 Å². The molecule has 0 saturated heterocycles. The SMILES string of the molecule is COc1cccc(OC)c1-c1cc(N(C=O)C(C(=O)NCC(=O)O)C2CCCCC2)nn1-c1ccc(F)cc1. The number of anilines is 1. The lowest BCUT2D eigenvalue weighted by atomic mass is 9.83. The normalized spacial score (nSPS) is 14.3. The van der Waals surface area contributed by atoms with Crippen LogP contribution in [0.5, 0.6) is 11.5 Å². The Kier molecular flexibility index (Phi) is 8.80. The third-order valence-electron chi connectivity index (χ3n) is 6.91. The van der Waals surface area contributed by atoms with E-state index in [2.05, 4.69) is 10.4 Å². The van der Waals surface area contributed by atoms with Crippen LogP contribution in [0.15, 0.2) is 48.5 Å². The Morgan fingerprint density at radius 3 is 2.33 bits per heavy atom. The molecule has 2 N–H and O–H groups in total. The van der Waals surface area contributed by atoms with Crippen molar-refractivity contribution < 1.29 is 33.4 Å². The van der Waals surface area contributed by atoms with Crippen molar-refractivity contribution in [3.8, 4) is 28.4 Å². The molecule has 0 aliphatic heterocycles. The molecule has 2 amide bonds. The van der Waals surface area contributed by atoms with E-state index in [1.54, 1.807) is 36.4 Å². The summed E-state index contributed by atoms with van der Waals surface area (Å²) < 4.78 is 26.5. The van der Waals surface area contributed by atoms with Crippen molar-refractivity contribution in [2.45, 2.75) is 38.1 Å². The topological polar surface area (TPSA) is 123 Å². The van der Waals surface area contributed by atoms with Crippen LogP contribution in [0.4, 0.5) is 10.2 Å². The predicted molar refractivity (Wildman–Crippen MR) is 142 cm³/mol. The van der Waals surface area contributed by atoms with Gasteiger partial charge in [0.05, 0.1) is 31.2 Å². The van der Waals surface area contributed by atoms with E-state index in [4.69, 9.17) is 14.6 Å². The van der Waals surface area contributed by atoms with Gasteiger partial charge in [0, 0.05) is 6.07 Å². The third-order valence-corrected chi connectivity index (χ3v) is 6.91. The first-order chi connectivity index (χ1) is 18.9. The van der Waals surface area contributed by atoms with Gasteiger partial charge in [-0.25, -0.2) is 9.07 Å². The number of hydrogen-bond donors (Lipinski definition) is 2. The first-order valence-electron chi connectivity index (χ1n) is 12.7. The highest BCUT2D eigenvalue weighted by Crippen LogP contribution is 2.41. The van der Waals surface area contributed by atoms with Gasteiger partial charge in [0.2, 0.25) is 12.3 Å². The number of halogens is 1. The van der Waals surface area contributed by atoms with Gasteiger partial charge in [0.15, 0.2) is 5.82 Å². The number of methoxy groups -OCH3 is 2. The maximum Gasteiger partial charge on any atom is 0.322 e. The number of rotatable bonds is 11. The van der Waals surface area contributed by atoms with Crippen LogP contribution < -0.4 is 19.7 Å². The summed E-state index contributed by atoms with van der Waals surface area (Å²) in [5.41, 5.74) is 1.52. The molecule has 1 saturated carbocycles. The van der Waals surface area contributed by atoms with Crippen molar-refractivity contribution in [1.29, 1.82) is 0 Å². The number of ether oxygens (including phenoxy) is 2. The van der Waals surface area contributed by atoms with Gasteiger partial charge in [-0.05, 0) is 55.2 Å². The van der Waals surface area contributed by atoms with Crippen LogP contribution in [0.3, 0.4) is 0 Å². The molecule has 1 aromatic heterocycles. The first kappa shape index (κ1) is 27.6. The monoisotopic (exact) mass is 538 g/mol. The van der Waals surface area contributed by atoms with E-state index in [-0.39, 0.29) is 11.7 Å². The van der Waals surface area contributed by atoms with Gasteiger partial charge in [0.25, 0.3) is 0 Å². The van der Waals surface area contributed by atoms with Crippen molar-refractivity contribution in [1.82, 2.24) is 15.1 Å². The van der Waals surface area contributed by atoms with E-state index in [1.807, 2.05) is 0 Å². The molecule has 10 nitrogen and oxygen atoms in total. The van der Waals surface area contributed by atoms with Crippen molar-refractivity contribution in [2.75, 3.05) is 25.7 Å². The summed E-state index contributed by atoms with van der Waals surface area (Å²) in [6, 6.07) is 11.6. The van der Waals surface area contributed by atoms with Crippen molar-refractivity contribution >= 4 is 24.1 Å². The second-order valence-corrected chi connectivity index (χ2v) is 9.28. The van der Waals surface area contributed by atoms with Gasteiger partial charge in [0.1, 0.15) is 29.9 Å². The smallest absolute Gasteiger partial charge is 0.322 e. The van der Waals surface area contributed by atoms with Crippen molar-refractivity contribution in [3.05, 3.63) is 54.3 Å². The van der Waals surface area contributed by atoms with E-state index in [9.17, 15) is 18.8 Å². The molecule has 0 bridgehead atoms. The van der Waals surface area contributed by atoms with Crippen molar-refractivity contribution in [2.24, 2.45) is 5.92 Å². The molecular formula is C28H31FN4O6. The number of carboxylic acids is 1. The summed E-state index contributed by atoms with van der Waals surface area (Å²) in [6.07, 6.45) is 4.78. The van der Waals surface area contributed by atoms with Crippen LogP contribution in [0.1, 0.15) is 32.1 Å². The van der Waals surface area contributed by atoms with E-state index >= 15 is 0 Å². The lowest BCUT2D eigenvalue weighted by Crippen LogP contribution is -2.52. The molecule has 2 aromatic carbocycles. The van der Waals surface area contributed by atoms with Gasteiger partial charge in [-0.2, -0.15) is 0 Å². The number of benzene rings is 2. The van der Waals surface area contributed by atoms with Crippen LogP contribution >= 0.6 is 0 Å². The van der Waals surface area contributed by atoms with E-state index < -0.39 is 30.3 Å². The van der Waals surface area contributed by atoms with E-state index in [0.717, 1.165) is 19.3 Å². The zero-order valence-electron chi connectivity index (χ0n) is 21.8. The maximum absolute atomic E-state index is 13.8. The quantitative estimate of drug-likeness (QED) is 0.356. The Balaban J connectivity index is 1.88.